The van der Waals surface area contributed by atoms with E-state index in [1.807, 2.05) is 0 Å². The number of carbonyl (C=O) groups excluding carboxylic acids is 1. The topological polar surface area (TPSA) is 52.3 Å². The zero-order valence-corrected chi connectivity index (χ0v) is 13.1. The molecule has 0 saturated heterocycles. The van der Waals surface area contributed by atoms with Crippen LogP contribution in [0.4, 0.5) is 13.2 Å². The van der Waals surface area contributed by atoms with E-state index in [4.69, 9.17) is 10.5 Å². The summed E-state index contributed by atoms with van der Waals surface area (Å²) in [4.78, 5) is 11.7. The van der Waals surface area contributed by atoms with Crippen LogP contribution in [0.1, 0.15) is 18.1 Å². The second-order valence-corrected chi connectivity index (χ2v) is 5.29. The Balaban J connectivity index is 2.27. The lowest BCUT2D eigenvalue weighted by Crippen LogP contribution is -2.34. The number of benzene rings is 2. The van der Waals surface area contributed by atoms with Crippen LogP contribution in [-0.2, 0) is 22.1 Å². The first-order chi connectivity index (χ1) is 11.3. The van der Waals surface area contributed by atoms with Gasteiger partial charge in [0.25, 0.3) is 0 Å². The minimum absolute atomic E-state index is 0.243. The molecule has 0 amide bonds. The van der Waals surface area contributed by atoms with Gasteiger partial charge in [-0.1, -0.05) is 36.4 Å². The lowest BCUT2D eigenvalue weighted by Gasteiger charge is -2.15. The fourth-order valence-electron chi connectivity index (χ4n) is 2.39. The van der Waals surface area contributed by atoms with Crippen molar-refractivity contribution in [3.8, 4) is 11.1 Å². The quantitative estimate of drug-likeness (QED) is 0.844. The Hall–Kier alpha value is -2.34. The summed E-state index contributed by atoms with van der Waals surface area (Å²) < 4.78 is 42.9. The first-order valence-corrected chi connectivity index (χ1v) is 7.50. The minimum Gasteiger partial charge on any atom is -0.465 e. The van der Waals surface area contributed by atoms with Crippen molar-refractivity contribution in [1.82, 2.24) is 0 Å². The molecule has 0 spiro atoms. The molecule has 0 aliphatic rings. The van der Waals surface area contributed by atoms with Gasteiger partial charge >= 0.3 is 12.1 Å². The van der Waals surface area contributed by atoms with Gasteiger partial charge in [-0.3, -0.25) is 4.79 Å². The van der Waals surface area contributed by atoms with Gasteiger partial charge in [-0.15, -0.1) is 0 Å². The Morgan fingerprint density at radius 3 is 2.33 bits per heavy atom. The summed E-state index contributed by atoms with van der Waals surface area (Å²) in [5.41, 5.74) is 7.29. The average molecular weight is 337 g/mol. The highest BCUT2D eigenvalue weighted by molar-refractivity contribution is 5.77. The Bertz CT molecular complexity index is 696. The molecule has 0 bridgehead atoms. The molecule has 1 unspecified atom stereocenters. The summed E-state index contributed by atoms with van der Waals surface area (Å²) in [6.07, 6.45) is -4.12. The van der Waals surface area contributed by atoms with Crippen LogP contribution in [0, 0.1) is 0 Å². The zero-order valence-electron chi connectivity index (χ0n) is 13.1. The molecule has 2 rings (SSSR count). The van der Waals surface area contributed by atoms with Crippen molar-refractivity contribution in [1.29, 1.82) is 0 Å². The van der Waals surface area contributed by atoms with E-state index in [0.29, 0.717) is 5.56 Å². The highest BCUT2D eigenvalue weighted by atomic mass is 19.4. The van der Waals surface area contributed by atoms with Gasteiger partial charge in [0.15, 0.2) is 0 Å². The van der Waals surface area contributed by atoms with Gasteiger partial charge in [0.05, 0.1) is 12.2 Å². The van der Waals surface area contributed by atoms with Crippen molar-refractivity contribution >= 4 is 5.97 Å². The number of hydrogen-bond acceptors (Lipinski definition) is 3. The van der Waals surface area contributed by atoms with E-state index in [1.54, 1.807) is 31.2 Å². The molecule has 0 saturated carbocycles. The van der Waals surface area contributed by atoms with E-state index >= 15 is 0 Å². The van der Waals surface area contributed by atoms with Gasteiger partial charge in [-0.05, 0) is 42.2 Å². The summed E-state index contributed by atoms with van der Waals surface area (Å²) in [6, 6.07) is 11.2. The number of alkyl halides is 3. The number of esters is 1. The molecule has 2 aromatic rings. The maximum absolute atomic E-state index is 12.7. The van der Waals surface area contributed by atoms with Crippen molar-refractivity contribution in [2.24, 2.45) is 5.73 Å². The smallest absolute Gasteiger partial charge is 0.416 e. The number of carbonyl (C=O) groups is 1. The molecule has 2 aromatic carbocycles. The number of nitrogens with two attached hydrogens (primary N) is 1. The molecule has 0 aliphatic carbocycles. The van der Waals surface area contributed by atoms with E-state index in [9.17, 15) is 18.0 Å². The highest BCUT2D eigenvalue weighted by Crippen LogP contribution is 2.32. The van der Waals surface area contributed by atoms with Crippen molar-refractivity contribution < 1.29 is 22.7 Å². The number of halogens is 3. The molecular formula is C18H18F3NO2. The number of rotatable bonds is 5. The van der Waals surface area contributed by atoms with E-state index in [1.165, 1.54) is 12.1 Å². The van der Waals surface area contributed by atoms with E-state index in [2.05, 4.69) is 0 Å². The largest absolute Gasteiger partial charge is 0.465 e. The SMILES string of the molecule is CCOC(=O)C(N)Cc1ccccc1-c1ccc(C(F)(F)F)cc1. The number of hydrogen-bond donors (Lipinski definition) is 1. The molecule has 0 fully saturated rings. The van der Waals surface area contributed by atoms with Gasteiger partial charge in [0.1, 0.15) is 6.04 Å². The fourth-order valence-corrected chi connectivity index (χ4v) is 2.39. The Labute approximate surface area is 138 Å². The summed E-state index contributed by atoms with van der Waals surface area (Å²) in [5, 5.41) is 0. The van der Waals surface area contributed by atoms with Crippen molar-refractivity contribution in [3.63, 3.8) is 0 Å². The molecule has 6 heteroatoms. The molecule has 0 radical (unpaired) electrons. The van der Waals surface area contributed by atoms with Gasteiger partial charge in [0, 0.05) is 0 Å². The van der Waals surface area contributed by atoms with E-state index in [0.717, 1.165) is 23.3 Å². The fraction of sp³-hybridized carbons (Fsp3) is 0.278. The average Bonchev–Trinajstić information content (AvgIpc) is 2.55. The maximum atomic E-state index is 12.7. The Morgan fingerprint density at radius 1 is 1.12 bits per heavy atom. The predicted octanol–water partition coefficient (Wildman–Crippen LogP) is 3.81. The van der Waals surface area contributed by atoms with Gasteiger partial charge < -0.3 is 10.5 Å². The lowest BCUT2D eigenvalue weighted by atomic mass is 9.94. The maximum Gasteiger partial charge on any atom is 0.416 e. The summed E-state index contributed by atoms with van der Waals surface area (Å²) >= 11 is 0. The van der Waals surface area contributed by atoms with Crippen LogP contribution in [0.15, 0.2) is 48.5 Å². The van der Waals surface area contributed by atoms with Crippen molar-refractivity contribution in [3.05, 3.63) is 59.7 Å². The van der Waals surface area contributed by atoms with Crippen LogP contribution in [0.2, 0.25) is 0 Å². The van der Waals surface area contributed by atoms with Gasteiger partial charge in [-0.25, -0.2) is 0 Å². The van der Waals surface area contributed by atoms with Crippen LogP contribution < -0.4 is 5.73 Å². The third-order valence-electron chi connectivity index (χ3n) is 3.57. The highest BCUT2D eigenvalue weighted by Gasteiger charge is 2.30. The Kier molecular flexibility index (Phi) is 5.62. The normalized spacial score (nSPS) is 12.7. The molecule has 3 nitrogen and oxygen atoms in total. The monoisotopic (exact) mass is 337 g/mol. The molecule has 128 valence electrons. The molecule has 0 aromatic heterocycles. The van der Waals surface area contributed by atoms with Crippen LogP contribution >= 0.6 is 0 Å². The third-order valence-corrected chi connectivity index (χ3v) is 3.57. The minimum atomic E-state index is -4.37. The summed E-state index contributed by atoms with van der Waals surface area (Å²) in [6.45, 7) is 1.94. The van der Waals surface area contributed by atoms with Gasteiger partial charge in [0.2, 0.25) is 0 Å². The van der Waals surface area contributed by atoms with E-state index < -0.39 is 23.8 Å². The Morgan fingerprint density at radius 2 is 1.75 bits per heavy atom. The van der Waals surface area contributed by atoms with Crippen LogP contribution in [0.3, 0.4) is 0 Å². The molecule has 0 heterocycles. The van der Waals surface area contributed by atoms with Crippen molar-refractivity contribution in [2.45, 2.75) is 25.6 Å². The molecular weight excluding hydrogens is 319 g/mol. The molecule has 2 N–H and O–H groups in total. The van der Waals surface area contributed by atoms with Crippen LogP contribution in [0.5, 0.6) is 0 Å². The summed E-state index contributed by atoms with van der Waals surface area (Å²) in [5.74, 6) is -0.500. The predicted molar refractivity (Wildman–Crippen MR) is 85.2 cm³/mol. The van der Waals surface area contributed by atoms with Crippen LogP contribution in [0.25, 0.3) is 11.1 Å². The first kappa shape index (κ1) is 18.0. The molecule has 1 atom stereocenters. The zero-order chi connectivity index (χ0) is 17.7. The standard InChI is InChI=1S/C18H18F3NO2/c1-2-24-17(23)16(22)11-13-5-3-4-6-15(13)12-7-9-14(10-8-12)18(19,20)21/h3-10,16H,2,11,22H2,1H3. The third kappa shape index (κ3) is 4.35. The van der Waals surface area contributed by atoms with E-state index in [-0.39, 0.29) is 13.0 Å². The first-order valence-electron chi connectivity index (χ1n) is 7.50. The molecule has 24 heavy (non-hydrogen) atoms. The van der Waals surface area contributed by atoms with Gasteiger partial charge in [-0.2, -0.15) is 13.2 Å². The number of ether oxygens (including phenoxy) is 1. The molecule has 0 aliphatic heterocycles. The van der Waals surface area contributed by atoms with Crippen LogP contribution in [-0.4, -0.2) is 18.6 Å². The second kappa shape index (κ2) is 7.49. The summed E-state index contributed by atoms with van der Waals surface area (Å²) in [7, 11) is 0. The second-order valence-electron chi connectivity index (χ2n) is 5.29. The lowest BCUT2D eigenvalue weighted by molar-refractivity contribution is -0.144. The van der Waals surface area contributed by atoms with Crippen molar-refractivity contribution in [2.75, 3.05) is 6.61 Å².